The van der Waals surface area contributed by atoms with Crippen molar-refractivity contribution in [1.82, 2.24) is 15.5 Å². The molecule has 2 atom stereocenters. The molecule has 0 aliphatic rings. The number of alkyl carbamates (subject to hydrolysis) is 1. The highest BCUT2D eigenvalue weighted by Crippen LogP contribution is 2.24. The molecule has 0 aliphatic carbocycles. The van der Waals surface area contributed by atoms with Crippen molar-refractivity contribution in [2.24, 2.45) is 0 Å². The lowest BCUT2D eigenvalue weighted by Gasteiger charge is -2.32. The monoisotopic (exact) mass is 501 g/mol. The van der Waals surface area contributed by atoms with Crippen molar-refractivity contribution in [1.29, 1.82) is 0 Å². The zero-order chi connectivity index (χ0) is 27.8. The molecule has 0 aliphatic heterocycles. The van der Waals surface area contributed by atoms with Gasteiger partial charge in [-0.3, -0.25) is 14.5 Å². The Morgan fingerprint density at radius 1 is 0.946 bits per heavy atom. The molecule has 194 valence electrons. The van der Waals surface area contributed by atoms with Gasteiger partial charge >= 0.3 is 6.09 Å². The summed E-state index contributed by atoms with van der Waals surface area (Å²) in [6.07, 6.45) is 10.7. The molecule has 2 unspecified atom stereocenters. The smallest absolute Gasteiger partial charge is 0.408 e. The predicted octanol–water partition coefficient (Wildman–Crippen LogP) is 4.18. The van der Waals surface area contributed by atoms with E-state index in [2.05, 4.69) is 22.6 Å². The van der Waals surface area contributed by atoms with E-state index in [0.717, 1.165) is 10.5 Å². The maximum Gasteiger partial charge on any atom is 0.408 e. The normalized spacial score (nSPS) is 12.8. The van der Waals surface area contributed by atoms with E-state index in [0.29, 0.717) is 11.1 Å². The zero-order valence-electron chi connectivity index (χ0n) is 22.3. The van der Waals surface area contributed by atoms with Crippen LogP contribution in [0.1, 0.15) is 64.3 Å². The molecule has 0 heterocycles. The van der Waals surface area contributed by atoms with E-state index >= 15 is 0 Å². The molecular formula is C30H35N3O4. The van der Waals surface area contributed by atoms with Gasteiger partial charge in [0.1, 0.15) is 17.7 Å². The quantitative estimate of drug-likeness (QED) is 0.440. The molecule has 2 N–H and O–H groups in total. The van der Waals surface area contributed by atoms with E-state index < -0.39 is 41.1 Å². The average Bonchev–Trinajstić information content (AvgIpc) is 2.80. The van der Waals surface area contributed by atoms with Gasteiger partial charge in [-0.25, -0.2) is 4.79 Å². The van der Waals surface area contributed by atoms with Gasteiger partial charge in [0, 0.05) is 23.6 Å². The molecule has 2 aromatic carbocycles. The second kappa shape index (κ2) is 12.1. The van der Waals surface area contributed by atoms with Crippen LogP contribution in [0.2, 0.25) is 0 Å². The lowest BCUT2D eigenvalue weighted by Crippen LogP contribution is -2.53. The highest BCUT2D eigenvalue weighted by Gasteiger charge is 2.37. The van der Waals surface area contributed by atoms with Crippen molar-refractivity contribution >= 4 is 17.9 Å². The van der Waals surface area contributed by atoms with Crippen molar-refractivity contribution in [2.75, 3.05) is 0 Å². The molecule has 0 spiro atoms. The highest BCUT2D eigenvalue weighted by molar-refractivity contribution is 5.93. The summed E-state index contributed by atoms with van der Waals surface area (Å²) >= 11 is 0. The average molecular weight is 502 g/mol. The van der Waals surface area contributed by atoms with Crippen LogP contribution in [-0.4, -0.2) is 40.0 Å². The first-order chi connectivity index (χ1) is 17.2. The van der Waals surface area contributed by atoms with Crippen LogP contribution in [0.15, 0.2) is 54.6 Å². The molecule has 2 rings (SSSR count). The Bertz CT molecular complexity index is 1180. The molecule has 2 aromatic rings. The molecule has 0 bridgehead atoms. The number of nitrogens with zero attached hydrogens (tertiary/aromatic N) is 1. The van der Waals surface area contributed by atoms with Crippen LogP contribution in [-0.2, 0) is 20.7 Å². The summed E-state index contributed by atoms with van der Waals surface area (Å²) in [5.74, 6) is 1.43. The molecule has 3 amide bonds. The third-order valence-electron chi connectivity index (χ3n) is 5.05. The molecule has 7 heteroatoms. The van der Waals surface area contributed by atoms with Crippen molar-refractivity contribution < 1.29 is 19.1 Å². The van der Waals surface area contributed by atoms with Crippen LogP contribution in [0.4, 0.5) is 4.79 Å². The summed E-state index contributed by atoms with van der Waals surface area (Å²) in [6.45, 7) is 10.7. The third kappa shape index (κ3) is 9.05. The Morgan fingerprint density at radius 2 is 1.54 bits per heavy atom. The van der Waals surface area contributed by atoms with Crippen molar-refractivity contribution in [2.45, 2.75) is 71.2 Å². The summed E-state index contributed by atoms with van der Waals surface area (Å²) in [4.78, 5) is 41.0. The van der Waals surface area contributed by atoms with E-state index in [1.54, 1.807) is 45.0 Å². The summed E-state index contributed by atoms with van der Waals surface area (Å²) in [6, 6.07) is 16.0. The van der Waals surface area contributed by atoms with Crippen LogP contribution in [0.5, 0.6) is 0 Å². The minimum atomic E-state index is -1.16. The number of nitrogens with one attached hydrogen (secondary N) is 2. The standard InChI is InChI=1S/C30H35N3O4/c1-9-21-16-18-23(19-17-21)25(26(34)32-29(3,4)5)33(10-2)27(35)24(20-22-14-12-11-13-15-22)31-28(36)37-30(6,7)8/h1-2,11-19,24-25H,20H2,3-8H3,(H,31,36)(H,32,34). The van der Waals surface area contributed by atoms with E-state index in [-0.39, 0.29) is 6.42 Å². The Kier molecular flexibility index (Phi) is 9.52. The number of carbonyl (C=O) groups excluding carboxylic acids is 3. The van der Waals surface area contributed by atoms with Crippen molar-refractivity contribution in [3.05, 3.63) is 71.3 Å². The minimum absolute atomic E-state index is 0.140. The Hall–Kier alpha value is -4.23. The minimum Gasteiger partial charge on any atom is -0.444 e. The van der Waals surface area contributed by atoms with Gasteiger partial charge in [-0.05, 0) is 64.8 Å². The van der Waals surface area contributed by atoms with Gasteiger partial charge in [0.05, 0.1) is 0 Å². The first-order valence-electron chi connectivity index (χ1n) is 12.0. The van der Waals surface area contributed by atoms with Gasteiger partial charge < -0.3 is 15.4 Å². The van der Waals surface area contributed by atoms with E-state index in [4.69, 9.17) is 17.6 Å². The summed E-state index contributed by atoms with van der Waals surface area (Å²) in [5, 5.41) is 5.54. The molecule has 0 radical (unpaired) electrons. The predicted molar refractivity (Wildman–Crippen MR) is 144 cm³/mol. The van der Waals surface area contributed by atoms with Crippen molar-refractivity contribution in [3.63, 3.8) is 0 Å². The van der Waals surface area contributed by atoms with Gasteiger partial charge in [-0.15, -0.1) is 6.42 Å². The Morgan fingerprint density at radius 3 is 2.03 bits per heavy atom. The number of amides is 3. The number of carbonyl (C=O) groups is 3. The molecule has 0 saturated heterocycles. The fourth-order valence-corrected chi connectivity index (χ4v) is 3.55. The number of rotatable bonds is 7. The highest BCUT2D eigenvalue weighted by atomic mass is 16.6. The van der Waals surface area contributed by atoms with Crippen molar-refractivity contribution in [3.8, 4) is 24.8 Å². The largest absolute Gasteiger partial charge is 0.444 e. The molecule has 0 fully saturated rings. The topological polar surface area (TPSA) is 87.7 Å². The van der Waals surface area contributed by atoms with Gasteiger partial charge in [-0.2, -0.15) is 0 Å². The zero-order valence-corrected chi connectivity index (χ0v) is 22.3. The van der Waals surface area contributed by atoms with Crippen LogP contribution in [0.3, 0.4) is 0 Å². The van der Waals surface area contributed by atoms with Gasteiger partial charge in [-0.1, -0.05) is 54.8 Å². The Balaban J connectivity index is 2.51. The molecule has 7 nitrogen and oxygen atoms in total. The molecule has 37 heavy (non-hydrogen) atoms. The first kappa shape index (κ1) is 29.0. The van der Waals surface area contributed by atoms with Crippen LogP contribution in [0.25, 0.3) is 0 Å². The third-order valence-corrected chi connectivity index (χ3v) is 5.05. The van der Waals surface area contributed by atoms with E-state index in [9.17, 15) is 14.4 Å². The number of ether oxygens (including phenoxy) is 1. The van der Waals surface area contributed by atoms with Crippen LogP contribution < -0.4 is 10.6 Å². The summed E-state index contributed by atoms with van der Waals surface area (Å²) in [5.41, 5.74) is 0.524. The van der Waals surface area contributed by atoms with Crippen LogP contribution >= 0.6 is 0 Å². The summed E-state index contributed by atoms with van der Waals surface area (Å²) < 4.78 is 5.38. The second-order valence-corrected chi connectivity index (χ2v) is 10.6. The number of benzene rings is 2. The fourth-order valence-electron chi connectivity index (χ4n) is 3.55. The fraction of sp³-hybridized carbons (Fsp3) is 0.367. The number of terminal acetylenes is 2. The maximum atomic E-state index is 13.9. The molecule has 0 aromatic heterocycles. The lowest BCUT2D eigenvalue weighted by molar-refractivity contribution is -0.139. The maximum absolute atomic E-state index is 13.9. The Labute approximate surface area is 220 Å². The first-order valence-corrected chi connectivity index (χ1v) is 12.0. The lowest BCUT2D eigenvalue weighted by atomic mass is 9.99. The van der Waals surface area contributed by atoms with Gasteiger partial charge in [0.25, 0.3) is 5.91 Å². The van der Waals surface area contributed by atoms with Crippen LogP contribution in [0, 0.1) is 24.8 Å². The van der Waals surface area contributed by atoms with Gasteiger partial charge in [0.2, 0.25) is 5.91 Å². The van der Waals surface area contributed by atoms with Gasteiger partial charge in [0.15, 0.2) is 0 Å². The SMILES string of the molecule is C#Cc1ccc(C(C(=O)NC(C)(C)C)N(C#C)C(=O)C(Cc2ccccc2)NC(=O)OC(C)(C)C)cc1. The summed E-state index contributed by atoms with van der Waals surface area (Å²) in [7, 11) is 0. The molecule has 0 saturated carbocycles. The number of hydrogen-bond acceptors (Lipinski definition) is 4. The second-order valence-electron chi connectivity index (χ2n) is 10.6. The van der Waals surface area contributed by atoms with E-state index in [1.807, 2.05) is 51.1 Å². The number of hydrogen-bond donors (Lipinski definition) is 2. The van der Waals surface area contributed by atoms with E-state index in [1.165, 1.54) is 0 Å². The molecular weight excluding hydrogens is 466 g/mol.